The second-order valence-corrected chi connectivity index (χ2v) is 10.8. The fourth-order valence-electron chi connectivity index (χ4n) is 5.45. The van der Waals surface area contributed by atoms with Crippen molar-refractivity contribution in [3.05, 3.63) is 81.2 Å². The summed E-state index contributed by atoms with van der Waals surface area (Å²) in [5.41, 5.74) is -1.74. The van der Waals surface area contributed by atoms with Gasteiger partial charge in [-0.05, 0) is 55.9 Å². The summed E-state index contributed by atoms with van der Waals surface area (Å²) < 4.78 is 31.9. The van der Waals surface area contributed by atoms with E-state index in [9.17, 15) is 23.5 Å². The first-order valence-corrected chi connectivity index (χ1v) is 13.5. The Balaban J connectivity index is 1.28. The molecule has 3 heterocycles. The van der Waals surface area contributed by atoms with E-state index in [0.717, 1.165) is 6.20 Å². The molecule has 2 amide bonds. The number of halogens is 4. The van der Waals surface area contributed by atoms with Crippen molar-refractivity contribution in [3.63, 3.8) is 0 Å². The van der Waals surface area contributed by atoms with Crippen molar-refractivity contribution < 1.29 is 28.2 Å². The highest BCUT2D eigenvalue weighted by Gasteiger charge is 2.52. The summed E-state index contributed by atoms with van der Waals surface area (Å²) in [5, 5.41) is 14.9. The van der Waals surface area contributed by atoms with E-state index in [1.807, 2.05) is 0 Å². The van der Waals surface area contributed by atoms with E-state index in [-0.39, 0.29) is 39.1 Å². The number of fused-ring (bicyclic) bond motifs is 1. The third kappa shape index (κ3) is 5.11. The number of hydrogen-bond donors (Lipinski definition) is 2. The molecule has 0 radical (unpaired) electrons. The lowest BCUT2D eigenvalue weighted by atomic mass is 9.85. The number of carbonyl (C=O) groups is 2. The molecule has 1 atom stereocenters. The minimum absolute atomic E-state index is 0.0877. The van der Waals surface area contributed by atoms with Crippen LogP contribution in [0.1, 0.15) is 59.4 Å². The number of amides is 2. The SMILES string of the molecule is COc1nc(C2(O)C(=O)N(C[C@H]3CC[C@H](NC(=O)c4cc(Cl)cnc4C(F)F)CC3)c3ccccc32)ccc1Cl. The van der Waals surface area contributed by atoms with Crippen molar-refractivity contribution >= 4 is 40.7 Å². The smallest absolute Gasteiger partial charge is 0.281 e. The predicted molar refractivity (Wildman–Crippen MR) is 145 cm³/mol. The molecule has 1 fully saturated rings. The molecule has 0 spiro atoms. The molecule has 1 unspecified atom stereocenters. The van der Waals surface area contributed by atoms with E-state index < -0.39 is 29.5 Å². The standard InChI is InChI=1S/C28H26Cl2F2N4O4/c1-40-26-20(30)10-11-22(35-26)28(39)19-4-2-3-5-21(19)36(27(28)38)14-15-6-8-17(9-7-15)34-25(37)18-12-16(29)13-33-23(18)24(31)32/h2-5,10-13,15,17,24,39H,6-9,14H2,1H3,(H,34,37)/t15-,17-,28?. The van der Waals surface area contributed by atoms with E-state index in [1.54, 1.807) is 29.2 Å². The summed E-state index contributed by atoms with van der Waals surface area (Å²) in [6.07, 6.45) is 0.729. The zero-order valence-corrected chi connectivity index (χ0v) is 22.9. The molecule has 5 rings (SSSR count). The first-order chi connectivity index (χ1) is 19.1. The van der Waals surface area contributed by atoms with Crippen LogP contribution in [0.15, 0.2) is 48.7 Å². The molecule has 2 aromatic heterocycles. The number of methoxy groups -OCH3 is 1. The minimum atomic E-state index is -2.91. The molecule has 8 nitrogen and oxygen atoms in total. The van der Waals surface area contributed by atoms with Gasteiger partial charge in [0.15, 0.2) is 0 Å². The summed E-state index contributed by atoms with van der Waals surface area (Å²) >= 11 is 12.0. The van der Waals surface area contributed by atoms with Crippen molar-refractivity contribution in [1.82, 2.24) is 15.3 Å². The number of carbonyl (C=O) groups excluding carboxylic acids is 2. The van der Waals surface area contributed by atoms with Crippen molar-refractivity contribution in [2.45, 2.75) is 43.8 Å². The molecule has 0 saturated heterocycles. The number of alkyl halides is 2. The highest BCUT2D eigenvalue weighted by Crippen LogP contribution is 2.45. The first-order valence-electron chi connectivity index (χ1n) is 12.7. The average molecular weight is 591 g/mol. The van der Waals surface area contributed by atoms with Gasteiger partial charge in [-0.3, -0.25) is 14.6 Å². The van der Waals surface area contributed by atoms with Crippen LogP contribution in [-0.4, -0.2) is 46.6 Å². The topological polar surface area (TPSA) is 105 Å². The number of nitrogens with zero attached hydrogens (tertiary/aromatic N) is 3. The lowest BCUT2D eigenvalue weighted by Crippen LogP contribution is -2.45. The summed E-state index contributed by atoms with van der Waals surface area (Å²) in [6.45, 7) is 0.358. The number of nitrogens with one attached hydrogen (secondary N) is 1. The number of aliphatic hydroxyl groups is 1. The Kier molecular flexibility index (Phi) is 7.94. The molecule has 2 N–H and O–H groups in total. The maximum atomic E-state index is 13.8. The van der Waals surface area contributed by atoms with Crippen molar-refractivity contribution in [3.8, 4) is 5.88 Å². The molecule has 1 aliphatic carbocycles. The quantitative estimate of drug-likeness (QED) is 0.387. The molecule has 12 heteroatoms. The lowest BCUT2D eigenvalue weighted by Gasteiger charge is -2.32. The van der Waals surface area contributed by atoms with Crippen LogP contribution in [-0.2, 0) is 10.4 Å². The Hall–Kier alpha value is -3.34. The van der Waals surface area contributed by atoms with E-state index >= 15 is 0 Å². The summed E-state index contributed by atoms with van der Waals surface area (Å²) in [4.78, 5) is 36.0. The second-order valence-electron chi connectivity index (χ2n) is 9.91. The van der Waals surface area contributed by atoms with Crippen LogP contribution >= 0.6 is 23.2 Å². The molecule has 0 bridgehead atoms. The Labute approximate surface area is 239 Å². The number of anilines is 1. The van der Waals surface area contributed by atoms with Crippen LogP contribution in [0.5, 0.6) is 5.88 Å². The fraction of sp³-hybridized carbons (Fsp3) is 0.357. The molecular weight excluding hydrogens is 565 g/mol. The number of para-hydroxylation sites is 1. The minimum Gasteiger partial charge on any atom is -0.480 e. The number of aromatic nitrogens is 2. The predicted octanol–water partition coefficient (Wildman–Crippen LogP) is 5.30. The van der Waals surface area contributed by atoms with Gasteiger partial charge in [-0.15, -0.1) is 0 Å². The van der Waals surface area contributed by atoms with Crippen LogP contribution in [0.2, 0.25) is 10.0 Å². The van der Waals surface area contributed by atoms with Crippen LogP contribution in [0.3, 0.4) is 0 Å². The van der Waals surface area contributed by atoms with Gasteiger partial charge < -0.3 is 20.1 Å². The fourth-order valence-corrected chi connectivity index (χ4v) is 5.79. The van der Waals surface area contributed by atoms with Gasteiger partial charge in [-0.2, -0.15) is 0 Å². The maximum Gasteiger partial charge on any atom is 0.281 e. The van der Waals surface area contributed by atoms with Gasteiger partial charge in [0.05, 0.1) is 29.1 Å². The number of hydrogen-bond acceptors (Lipinski definition) is 6. The van der Waals surface area contributed by atoms with Crippen molar-refractivity contribution in [1.29, 1.82) is 0 Å². The van der Waals surface area contributed by atoms with Crippen molar-refractivity contribution in [2.24, 2.45) is 5.92 Å². The molecule has 1 saturated carbocycles. The Morgan fingerprint density at radius 1 is 1.20 bits per heavy atom. The van der Waals surface area contributed by atoms with E-state index in [2.05, 4.69) is 15.3 Å². The normalized spacial score (nSPS) is 22.4. The maximum absolute atomic E-state index is 13.8. The van der Waals surface area contributed by atoms with Gasteiger partial charge in [-0.25, -0.2) is 13.8 Å². The lowest BCUT2D eigenvalue weighted by molar-refractivity contribution is -0.132. The number of ether oxygens (including phenoxy) is 1. The third-order valence-corrected chi connectivity index (χ3v) is 7.97. The van der Waals surface area contributed by atoms with Crippen molar-refractivity contribution in [2.75, 3.05) is 18.6 Å². The highest BCUT2D eigenvalue weighted by atomic mass is 35.5. The Morgan fingerprint density at radius 2 is 1.93 bits per heavy atom. The van der Waals surface area contributed by atoms with Crippen LogP contribution in [0.25, 0.3) is 0 Å². The van der Waals surface area contributed by atoms with Gasteiger partial charge in [-0.1, -0.05) is 41.4 Å². The molecule has 3 aromatic rings. The molecular formula is C28H26Cl2F2N4O4. The largest absolute Gasteiger partial charge is 0.480 e. The number of pyridine rings is 2. The van der Waals surface area contributed by atoms with E-state index in [0.29, 0.717) is 43.5 Å². The number of rotatable bonds is 7. The Morgan fingerprint density at radius 3 is 2.62 bits per heavy atom. The average Bonchev–Trinajstić information content (AvgIpc) is 3.16. The van der Waals surface area contributed by atoms with Crippen LogP contribution in [0.4, 0.5) is 14.5 Å². The molecule has 1 aliphatic heterocycles. The van der Waals surface area contributed by atoms with Gasteiger partial charge in [0, 0.05) is 24.3 Å². The molecule has 2 aliphatic rings. The number of benzene rings is 1. The van der Waals surface area contributed by atoms with Crippen LogP contribution in [0, 0.1) is 5.92 Å². The van der Waals surface area contributed by atoms with Gasteiger partial charge in [0.25, 0.3) is 18.2 Å². The van der Waals surface area contributed by atoms with Gasteiger partial charge >= 0.3 is 0 Å². The highest BCUT2D eigenvalue weighted by molar-refractivity contribution is 6.32. The molecule has 210 valence electrons. The van der Waals surface area contributed by atoms with Gasteiger partial charge in [0.1, 0.15) is 10.7 Å². The monoisotopic (exact) mass is 590 g/mol. The summed E-state index contributed by atoms with van der Waals surface area (Å²) in [7, 11) is 1.40. The summed E-state index contributed by atoms with van der Waals surface area (Å²) in [6, 6.07) is 11.0. The van der Waals surface area contributed by atoms with E-state index in [4.69, 9.17) is 27.9 Å². The first kappa shape index (κ1) is 28.2. The molecule has 1 aromatic carbocycles. The second kappa shape index (κ2) is 11.3. The zero-order chi connectivity index (χ0) is 28.6. The zero-order valence-electron chi connectivity index (χ0n) is 21.4. The van der Waals surface area contributed by atoms with E-state index in [1.165, 1.54) is 25.3 Å². The van der Waals surface area contributed by atoms with Crippen LogP contribution < -0.4 is 15.0 Å². The molecule has 40 heavy (non-hydrogen) atoms. The Bertz CT molecular complexity index is 1450. The van der Waals surface area contributed by atoms with Gasteiger partial charge in [0.2, 0.25) is 11.5 Å². The summed E-state index contributed by atoms with van der Waals surface area (Å²) in [5.74, 6) is -0.974. The third-order valence-electron chi connectivity index (χ3n) is 7.48.